The summed E-state index contributed by atoms with van der Waals surface area (Å²) in [5, 5.41) is 3.09. The largest absolute Gasteiger partial charge is 0.448 e. The van der Waals surface area contributed by atoms with E-state index >= 15 is 0 Å². The van der Waals surface area contributed by atoms with Crippen LogP contribution in [0.25, 0.3) is 0 Å². The molecule has 16 heavy (non-hydrogen) atoms. The average Bonchev–Trinajstić information content (AvgIpc) is 2.78. The summed E-state index contributed by atoms with van der Waals surface area (Å²) in [5.41, 5.74) is 1.01. The van der Waals surface area contributed by atoms with E-state index in [2.05, 4.69) is 22.1 Å². The van der Waals surface area contributed by atoms with E-state index in [1.807, 2.05) is 7.05 Å². The van der Waals surface area contributed by atoms with Crippen molar-refractivity contribution in [3.05, 3.63) is 17.8 Å². The van der Waals surface area contributed by atoms with Gasteiger partial charge in [0.15, 0.2) is 5.89 Å². The van der Waals surface area contributed by atoms with Gasteiger partial charge in [-0.15, -0.1) is 0 Å². The van der Waals surface area contributed by atoms with Gasteiger partial charge in [0.25, 0.3) is 0 Å². The van der Waals surface area contributed by atoms with Crippen molar-refractivity contribution < 1.29 is 4.42 Å². The Morgan fingerprint density at radius 1 is 1.50 bits per heavy atom. The fraction of sp³-hybridized carbons (Fsp3) is 0.750. The number of hydrogen-bond acceptors (Lipinski definition) is 4. The highest BCUT2D eigenvalue weighted by Gasteiger charge is 2.23. The van der Waals surface area contributed by atoms with Gasteiger partial charge in [0.2, 0.25) is 0 Å². The van der Waals surface area contributed by atoms with Gasteiger partial charge in [-0.05, 0) is 39.5 Å². The van der Waals surface area contributed by atoms with Gasteiger partial charge < -0.3 is 14.6 Å². The molecule has 0 unspecified atom stereocenters. The molecule has 0 amide bonds. The van der Waals surface area contributed by atoms with Gasteiger partial charge in [-0.3, -0.25) is 0 Å². The van der Waals surface area contributed by atoms with Crippen LogP contribution in [0.3, 0.4) is 0 Å². The predicted octanol–water partition coefficient (Wildman–Crippen LogP) is 1.59. The van der Waals surface area contributed by atoms with E-state index in [0.29, 0.717) is 5.92 Å². The molecule has 0 atom stereocenters. The molecule has 0 bridgehead atoms. The molecule has 0 spiro atoms. The van der Waals surface area contributed by atoms with E-state index < -0.39 is 0 Å². The first-order valence-corrected chi connectivity index (χ1v) is 6.14. The number of hydrogen-bond donors (Lipinski definition) is 1. The van der Waals surface area contributed by atoms with Crippen molar-refractivity contribution in [2.24, 2.45) is 0 Å². The zero-order valence-corrected chi connectivity index (χ0v) is 10.2. The monoisotopic (exact) mass is 223 g/mol. The number of aromatic nitrogens is 1. The van der Waals surface area contributed by atoms with Crippen LogP contribution in [0.4, 0.5) is 0 Å². The van der Waals surface area contributed by atoms with Gasteiger partial charge in [0.1, 0.15) is 6.26 Å². The maximum absolute atomic E-state index is 5.56. The molecule has 1 aromatic heterocycles. The second-order valence-electron chi connectivity index (χ2n) is 4.42. The van der Waals surface area contributed by atoms with Crippen molar-refractivity contribution in [3.63, 3.8) is 0 Å². The molecule has 4 heteroatoms. The summed E-state index contributed by atoms with van der Waals surface area (Å²) in [6.07, 6.45) is 4.12. The second-order valence-corrected chi connectivity index (χ2v) is 4.42. The third-order valence-electron chi connectivity index (χ3n) is 3.31. The smallest absolute Gasteiger partial charge is 0.197 e. The van der Waals surface area contributed by atoms with Crippen molar-refractivity contribution in [3.8, 4) is 0 Å². The minimum atomic E-state index is 0.522. The first kappa shape index (κ1) is 11.6. The van der Waals surface area contributed by atoms with Crippen molar-refractivity contribution >= 4 is 0 Å². The Hall–Kier alpha value is -0.870. The molecule has 4 nitrogen and oxygen atoms in total. The lowest BCUT2D eigenvalue weighted by Crippen LogP contribution is -2.32. The Morgan fingerprint density at radius 2 is 2.25 bits per heavy atom. The van der Waals surface area contributed by atoms with Crippen LogP contribution in [0.5, 0.6) is 0 Å². The molecule has 1 aliphatic heterocycles. The summed E-state index contributed by atoms with van der Waals surface area (Å²) in [5.74, 6) is 1.45. The normalized spacial score (nSPS) is 19.1. The van der Waals surface area contributed by atoms with Crippen molar-refractivity contribution in [1.29, 1.82) is 0 Å². The van der Waals surface area contributed by atoms with Crippen LogP contribution >= 0.6 is 0 Å². The molecule has 1 N–H and O–H groups in total. The van der Waals surface area contributed by atoms with Gasteiger partial charge in [-0.1, -0.05) is 6.92 Å². The lowest BCUT2D eigenvalue weighted by atomic mass is 9.97. The molecule has 0 aliphatic carbocycles. The Labute approximate surface area is 97.0 Å². The molecule has 2 heterocycles. The highest BCUT2D eigenvalue weighted by atomic mass is 16.3. The molecular formula is C12H21N3O. The summed E-state index contributed by atoms with van der Waals surface area (Å²) in [7, 11) is 1.92. The third-order valence-corrected chi connectivity index (χ3v) is 3.31. The van der Waals surface area contributed by atoms with Crippen LogP contribution < -0.4 is 5.32 Å². The standard InChI is InChI=1S/C12H21N3O/c1-3-15-6-4-10(5-7-15)12-14-11(8-13-2)9-16-12/h9-10,13H,3-8H2,1-2H3. The van der Waals surface area contributed by atoms with Crippen molar-refractivity contribution in [2.75, 3.05) is 26.7 Å². The van der Waals surface area contributed by atoms with Gasteiger partial charge in [0, 0.05) is 12.5 Å². The minimum absolute atomic E-state index is 0.522. The lowest BCUT2D eigenvalue weighted by molar-refractivity contribution is 0.208. The summed E-state index contributed by atoms with van der Waals surface area (Å²) in [6.45, 7) is 6.51. The van der Waals surface area contributed by atoms with Gasteiger partial charge in [0.05, 0.1) is 5.69 Å². The highest BCUT2D eigenvalue weighted by Crippen LogP contribution is 2.27. The Morgan fingerprint density at radius 3 is 2.88 bits per heavy atom. The number of nitrogens with zero attached hydrogens (tertiary/aromatic N) is 2. The van der Waals surface area contributed by atoms with E-state index in [4.69, 9.17) is 4.42 Å². The zero-order chi connectivity index (χ0) is 11.4. The van der Waals surface area contributed by atoms with Gasteiger partial charge in [-0.2, -0.15) is 0 Å². The molecule has 1 saturated heterocycles. The van der Waals surface area contributed by atoms with E-state index in [0.717, 1.165) is 24.7 Å². The first-order chi connectivity index (χ1) is 7.83. The predicted molar refractivity (Wildman–Crippen MR) is 63.4 cm³/mol. The molecule has 90 valence electrons. The van der Waals surface area contributed by atoms with E-state index in [9.17, 15) is 0 Å². The summed E-state index contributed by atoms with van der Waals surface area (Å²) < 4.78 is 5.56. The molecule has 1 fully saturated rings. The fourth-order valence-electron chi connectivity index (χ4n) is 2.27. The Bertz CT molecular complexity index is 316. The first-order valence-electron chi connectivity index (χ1n) is 6.14. The summed E-state index contributed by atoms with van der Waals surface area (Å²) in [4.78, 5) is 7.01. The number of piperidine rings is 1. The van der Waals surface area contributed by atoms with Crippen LogP contribution in [0, 0.1) is 0 Å². The van der Waals surface area contributed by atoms with Gasteiger partial charge >= 0.3 is 0 Å². The Kier molecular flexibility index (Phi) is 3.96. The van der Waals surface area contributed by atoms with Crippen LogP contribution in [0.1, 0.15) is 37.3 Å². The van der Waals surface area contributed by atoms with E-state index in [-0.39, 0.29) is 0 Å². The molecule has 0 radical (unpaired) electrons. The molecule has 0 saturated carbocycles. The summed E-state index contributed by atoms with van der Waals surface area (Å²) in [6, 6.07) is 0. The maximum Gasteiger partial charge on any atom is 0.197 e. The fourth-order valence-corrected chi connectivity index (χ4v) is 2.27. The number of likely N-dealkylation sites (tertiary alicyclic amines) is 1. The number of nitrogens with one attached hydrogen (secondary N) is 1. The van der Waals surface area contributed by atoms with Crippen molar-refractivity contribution in [2.45, 2.75) is 32.2 Å². The molecule has 1 aromatic rings. The molecule has 1 aliphatic rings. The molecule has 2 rings (SSSR count). The third kappa shape index (κ3) is 2.62. The van der Waals surface area contributed by atoms with E-state index in [1.54, 1.807) is 6.26 Å². The number of oxazole rings is 1. The average molecular weight is 223 g/mol. The van der Waals surface area contributed by atoms with E-state index in [1.165, 1.54) is 25.9 Å². The zero-order valence-electron chi connectivity index (χ0n) is 10.2. The summed E-state index contributed by atoms with van der Waals surface area (Å²) >= 11 is 0. The van der Waals surface area contributed by atoms with Crippen LogP contribution in [-0.2, 0) is 6.54 Å². The topological polar surface area (TPSA) is 41.3 Å². The highest BCUT2D eigenvalue weighted by molar-refractivity contribution is 5.02. The van der Waals surface area contributed by atoms with Crippen LogP contribution in [0.15, 0.2) is 10.7 Å². The maximum atomic E-state index is 5.56. The molecular weight excluding hydrogens is 202 g/mol. The lowest BCUT2D eigenvalue weighted by Gasteiger charge is -2.29. The quantitative estimate of drug-likeness (QED) is 0.841. The van der Waals surface area contributed by atoms with Crippen LogP contribution in [0.2, 0.25) is 0 Å². The van der Waals surface area contributed by atoms with Gasteiger partial charge in [-0.25, -0.2) is 4.98 Å². The Balaban J connectivity index is 1.92. The second kappa shape index (κ2) is 5.46. The SMILES string of the molecule is CCN1CCC(c2nc(CNC)co2)CC1. The van der Waals surface area contributed by atoms with Crippen LogP contribution in [-0.4, -0.2) is 36.6 Å². The minimum Gasteiger partial charge on any atom is -0.448 e. The number of rotatable bonds is 4. The molecule has 0 aromatic carbocycles. The van der Waals surface area contributed by atoms with Crippen molar-refractivity contribution in [1.82, 2.24) is 15.2 Å².